The number of hydrogen-bond acceptors (Lipinski definition) is 3. The predicted octanol–water partition coefficient (Wildman–Crippen LogP) is 4.96. The third-order valence-electron chi connectivity index (χ3n) is 8.05. The molecule has 4 saturated carbocycles. The summed E-state index contributed by atoms with van der Waals surface area (Å²) in [5.41, 5.74) is 3.09. The maximum atomic E-state index is 13.7. The van der Waals surface area contributed by atoms with E-state index in [9.17, 15) is 9.90 Å². The Morgan fingerprint density at radius 1 is 1.10 bits per heavy atom. The van der Waals surface area contributed by atoms with Crippen molar-refractivity contribution in [1.82, 2.24) is 5.32 Å². The first-order valence-electron chi connectivity index (χ1n) is 11.4. The Bertz CT molecular complexity index is 851. The van der Waals surface area contributed by atoms with E-state index in [1.165, 1.54) is 24.8 Å². The summed E-state index contributed by atoms with van der Waals surface area (Å²) in [6.45, 7) is 8.03. The van der Waals surface area contributed by atoms with Crippen molar-refractivity contribution in [3.05, 3.63) is 41.0 Å². The smallest absolute Gasteiger partial charge is 0.163 e. The van der Waals surface area contributed by atoms with Gasteiger partial charge in [0.05, 0.1) is 5.60 Å². The van der Waals surface area contributed by atoms with Crippen LogP contribution in [0.25, 0.3) is 5.70 Å². The van der Waals surface area contributed by atoms with Gasteiger partial charge in [-0.25, -0.2) is 0 Å². The number of nitrogens with one attached hydrogen (secondary N) is 1. The fourth-order valence-electron chi connectivity index (χ4n) is 7.12. The highest BCUT2D eigenvalue weighted by Gasteiger charge is 2.54. The number of hydrogen-bond donors (Lipinski definition) is 2. The second-order valence-corrected chi connectivity index (χ2v) is 11.7. The summed E-state index contributed by atoms with van der Waals surface area (Å²) >= 11 is 0. The SMILES string of the molecule is CC1(C)Cc2ccc(C(C)(C)O)cc2C(=CC(=O)C23CC4CC(CC(C4)C2)C3)N1. The first-order chi connectivity index (χ1) is 13.5. The molecule has 1 heterocycles. The molecule has 0 radical (unpaired) electrons. The Morgan fingerprint density at radius 2 is 1.69 bits per heavy atom. The lowest BCUT2D eigenvalue weighted by atomic mass is 9.48. The van der Waals surface area contributed by atoms with Gasteiger partial charge in [0.2, 0.25) is 0 Å². The maximum absolute atomic E-state index is 13.7. The number of aliphatic hydroxyl groups is 1. The van der Waals surface area contributed by atoms with Crippen LogP contribution in [0.4, 0.5) is 0 Å². The van der Waals surface area contributed by atoms with Crippen LogP contribution < -0.4 is 5.32 Å². The number of carbonyl (C=O) groups is 1. The molecule has 0 amide bonds. The van der Waals surface area contributed by atoms with E-state index in [1.54, 1.807) is 0 Å². The van der Waals surface area contributed by atoms with E-state index in [4.69, 9.17) is 0 Å². The van der Waals surface area contributed by atoms with Crippen LogP contribution in [0.5, 0.6) is 0 Å². The first kappa shape index (κ1) is 19.4. The minimum atomic E-state index is -0.892. The lowest BCUT2D eigenvalue weighted by Gasteiger charge is -2.55. The summed E-state index contributed by atoms with van der Waals surface area (Å²) in [4.78, 5) is 13.7. The van der Waals surface area contributed by atoms with Crippen LogP contribution in [0.15, 0.2) is 24.3 Å². The van der Waals surface area contributed by atoms with Gasteiger partial charge in [0.1, 0.15) is 0 Å². The Kier molecular flexibility index (Phi) is 4.14. The van der Waals surface area contributed by atoms with Crippen LogP contribution in [0.3, 0.4) is 0 Å². The van der Waals surface area contributed by atoms with Crippen LogP contribution in [-0.4, -0.2) is 16.4 Å². The number of ketones is 1. The zero-order valence-electron chi connectivity index (χ0n) is 18.3. The van der Waals surface area contributed by atoms with E-state index < -0.39 is 5.60 Å². The molecule has 0 atom stereocenters. The second-order valence-electron chi connectivity index (χ2n) is 11.7. The normalized spacial score (nSPS) is 36.0. The maximum Gasteiger partial charge on any atom is 0.163 e. The zero-order valence-corrected chi connectivity index (χ0v) is 18.3. The molecule has 0 unspecified atom stereocenters. The molecular formula is C26H35NO2. The summed E-state index contributed by atoms with van der Waals surface area (Å²) in [5.74, 6) is 2.66. The minimum Gasteiger partial charge on any atom is -0.386 e. The first-order valence-corrected chi connectivity index (χ1v) is 11.4. The third kappa shape index (κ3) is 3.36. The molecule has 1 aromatic rings. The Labute approximate surface area is 175 Å². The van der Waals surface area contributed by atoms with Crippen molar-refractivity contribution in [2.75, 3.05) is 0 Å². The van der Waals surface area contributed by atoms with Crippen molar-refractivity contribution in [3.8, 4) is 0 Å². The van der Waals surface area contributed by atoms with Crippen LogP contribution >= 0.6 is 0 Å². The van der Waals surface area contributed by atoms with Gasteiger partial charge in [-0.3, -0.25) is 4.79 Å². The molecule has 1 aromatic carbocycles. The van der Waals surface area contributed by atoms with Crippen molar-refractivity contribution < 1.29 is 9.90 Å². The fourth-order valence-corrected chi connectivity index (χ4v) is 7.12. The van der Waals surface area contributed by atoms with Gasteiger partial charge in [0.25, 0.3) is 0 Å². The Morgan fingerprint density at radius 3 is 2.24 bits per heavy atom. The van der Waals surface area contributed by atoms with E-state index in [1.807, 2.05) is 26.0 Å². The number of carbonyl (C=O) groups excluding carboxylic acids is 1. The van der Waals surface area contributed by atoms with E-state index >= 15 is 0 Å². The van der Waals surface area contributed by atoms with Crippen molar-refractivity contribution in [1.29, 1.82) is 0 Å². The zero-order chi connectivity index (χ0) is 20.6. The summed E-state index contributed by atoms with van der Waals surface area (Å²) in [7, 11) is 0. The summed E-state index contributed by atoms with van der Waals surface area (Å²) in [5, 5.41) is 14.2. The molecule has 0 aromatic heterocycles. The molecule has 6 rings (SSSR count). The lowest BCUT2D eigenvalue weighted by Crippen LogP contribution is -2.50. The number of benzene rings is 1. The third-order valence-corrected chi connectivity index (χ3v) is 8.05. The van der Waals surface area contributed by atoms with E-state index in [0.717, 1.165) is 60.3 Å². The largest absolute Gasteiger partial charge is 0.386 e. The molecule has 29 heavy (non-hydrogen) atoms. The second kappa shape index (κ2) is 6.20. The molecule has 3 nitrogen and oxygen atoms in total. The van der Waals surface area contributed by atoms with Crippen LogP contribution in [0.2, 0.25) is 0 Å². The van der Waals surface area contributed by atoms with Crippen LogP contribution in [0, 0.1) is 23.2 Å². The quantitative estimate of drug-likeness (QED) is 0.713. The Balaban J connectivity index is 1.53. The lowest BCUT2D eigenvalue weighted by molar-refractivity contribution is -0.138. The molecular weight excluding hydrogens is 358 g/mol. The van der Waals surface area contributed by atoms with Crippen molar-refractivity contribution in [2.24, 2.45) is 23.2 Å². The van der Waals surface area contributed by atoms with E-state index in [-0.39, 0.29) is 11.0 Å². The van der Waals surface area contributed by atoms with Gasteiger partial charge in [-0.05, 0) is 108 Å². The highest BCUT2D eigenvalue weighted by molar-refractivity contribution is 6.01. The number of allylic oxidation sites excluding steroid dienone is 1. The van der Waals surface area contributed by atoms with Gasteiger partial charge >= 0.3 is 0 Å². The molecule has 0 spiro atoms. The van der Waals surface area contributed by atoms with Crippen LogP contribution in [-0.2, 0) is 16.8 Å². The van der Waals surface area contributed by atoms with Crippen molar-refractivity contribution in [2.45, 2.75) is 83.8 Å². The predicted molar refractivity (Wildman–Crippen MR) is 116 cm³/mol. The Hall–Kier alpha value is -1.61. The summed E-state index contributed by atoms with van der Waals surface area (Å²) < 4.78 is 0. The average molecular weight is 394 g/mol. The molecule has 4 fully saturated rings. The molecule has 1 aliphatic heterocycles. The van der Waals surface area contributed by atoms with Gasteiger partial charge in [-0.1, -0.05) is 12.1 Å². The number of fused-ring (bicyclic) bond motifs is 1. The molecule has 156 valence electrons. The molecule has 3 heteroatoms. The topological polar surface area (TPSA) is 49.3 Å². The van der Waals surface area contributed by atoms with Crippen molar-refractivity contribution >= 4 is 11.5 Å². The van der Waals surface area contributed by atoms with E-state index in [0.29, 0.717) is 5.78 Å². The monoisotopic (exact) mass is 393 g/mol. The highest BCUT2D eigenvalue weighted by atomic mass is 16.3. The molecule has 5 aliphatic rings. The molecule has 4 bridgehead atoms. The highest BCUT2D eigenvalue weighted by Crippen LogP contribution is 2.60. The standard InChI is InChI=1S/C26H35NO2/c1-24(2)15-19-5-6-20(25(3,4)29)10-21(19)22(27-24)11-23(28)26-12-16-7-17(13-26)9-18(8-16)14-26/h5-6,10-11,16-18,27,29H,7-9,12-15H2,1-4H3. The molecule has 0 saturated heterocycles. The fraction of sp³-hybridized carbons (Fsp3) is 0.654. The van der Waals surface area contributed by atoms with Gasteiger partial charge in [0, 0.05) is 28.3 Å². The molecule has 2 N–H and O–H groups in total. The van der Waals surface area contributed by atoms with Gasteiger partial charge < -0.3 is 10.4 Å². The average Bonchev–Trinajstić information content (AvgIpc) is 2.58. The number of rotatable bonds is 3. The van der Waals surface area contributed by atoms with Gasteiger partial charge in [-0.2, -0.15) is 0 Å². The molecule has 4 aliphatic carbocycles. The van der Waals surface area contributed by atoms with Gasteiger partial charge in [-0.15, -0.1) is 0 Å². The van der Waals surface area contributed by atoms with Crippen molar-refractivity contribution in [3.63, 3.8) is 0 Å². The summed E-state index contributed by atoms with van der Waals surface area (Å²) in [6.07, 6.45) is 10.2. The minimum absolute atomic E-state index is 0.0865. The van der Waals surface area contributed by atoms with Crippen LogP contribution in [0.1, 0.15) is 82.9 Å². The van der Waals surface area contributed by atoms with E-state index in [2.05, 4.69) is 31.3 Å². The summed E-state index contributed by atoms with van der Waals surface area (Å²) in [6, 6.07) is 6.24. The van der Waals surface area contributed by atoms with Gasteiger partial charge in [0.15, 0.2) is 5.78 Å².